The van der Waals surface area contributed by atoms with Crippen LogP contribution in [0.15, 0.2) is 18.2 Å². The lowest BCUT2D eigenvalue weighted by Crippen LogP contribution is -2.36. The van der Waals surface area contributed by atoms with Gasteiger partial charge in [0.05, 0.1) is 0 Å². The number of hydrogen-bond acceptors (Lipinski definition) is 4. The monoisotopic (exact) mass is 276 g/mol. The average molecular weight is 276 g/mol. The van der Waals surface area contributed by atoms with Gasteiger partial charge in [0.1, 0.15) is 0 Å². The largest absolute Gasteiger partial charge is 0.454 e. The van der Waals surface area contributed by atoms with Gasteiger partial charge in [0.15, 0.2) is 11.5 Å². The third-order valence-corrected chi connectivity index (χ3v) is 4.34. The lowest BCUT2D eigenvalue weighted by Gasteiger charge is -2.32. The Hall–Kier alpha value is -1.26. The lowest BCUT2D eigenvalue weighted by molar-refractivity contribution is 0.173. The van der Waals surface area contributed by atoms with E-state index in [2.05, 4.69) is 17.0 Å². The van der Waals surface area contributed by atoms with Gasteiger partial charge in [-0.15, -0.1) is 0 Å². The van der Waals surface area contributed by atoms with E-state index in [9.17, 15) is 0 Å². The van der Waals surface area contributed by atoms with Crippen LogP contribution in [-0.2, 0) is 0 Å². The van der Waals surface area contributed by atoms with Crippen molar-refractivity contribution in [3.8, 4) is 11.5 Å². The van der Waals surface area contributed by atoms with Crippen LogP contribution in [0.2, 0.25) is 0 Å². The summed E-state index contributed by atoms with van der Waals surface area (Å²) in [6.07, 6.45) is 6.62. The van der Waals surface area contributed by atoms with Gasteiger partial charge in [-0.05, 0) is 43.6 Å². The highest BCUT2D eigenvalue weighted by molar-refractivity contribution is 5.45. The number of hydrogen-bond donors (Lipinski definition) is 1. The van der Waals surface area contributed by atoms with Gasteiger partial charge in [0.2, 0.25) is 6.79 Å². The molecule has 0 bridgehead atoms. The highest BCUT2D eigenvalue weighted by Gasteiger charge is 2.22. The van der Waals surface area contributed by atoms with Crippen molar-refractivity contribution in [1.82, 2.24) is 4.90 Å². The fraction of sp³-hybridized carbons (Fsp3) is 0.625. The summed E-state index contributed by atoms with van der Waals surface area (Å²) in [5.41, 5.74) is 7.30. The molecule has 110 valence electrons. The Morgan fingerprint density at radius 3 is 2.45 bits per heavy atom. The maximum atomic E-state index is 6.06. The van der Waals surface area contributed by atoms with Gasteiger partial charge in [-0.2, -0.15) is 0 Å². The van der Waals surface area contributed by atoms with Crippen LogP contribution in [-0.4, -0.2) is 31.3 Å². The van der Waals surface area contributed by atoms with Crippen molar-refractivity contribution in [2.75, 3.05) is 26.4 Å². The molecule has 1 fully saturated rings. The summed E-state index contributed by atoms with van der Waals surface area (Å²) >= 11 is 0. The molecular weight excluding hydrogens is 252 g/mol. The maximum absolute atomic E-state index is 6.06. The molecule has 4 heteroatoms. The van der Waals surface area contributed by atoms with Crippen molar-refractivity contribution in [3.63, 3.8) is 0 Å². The highest BCUT2D eigenvalue weighted by Crippen LogP contribution is 2.35. The third-order valence-electron chi connectivity index (χ3n) is 4.34. The van der Waals surface area contributed by atoms with Crippen LogP contribution in [0.25, 0.3) is 0 Å². The lowest BCUT2D eigenvalue weighted by atomic mass is 10.0. The zero-order valence-electron chi connectivity index (χ0n) is 12.0. The van der Waals surface area contributed by atoms with E-state index in [0.29, 0.717) is 19.4 Å². The van der Waals surface area contributed by atoms with Crippen molar-refractivity contribution >= 4 is 0 Å². The summed E-state index contributed by atoms with van der Waals surface area (Å²) in [6.45, 7) is 3.28. The molecule has 0 spiro atoms. The molecule has 0 radical (unpaired) electrons. The molecule has 0 amide bonds. The normalized spacial score (nSPS) is 21.2. The minimum atomic E-state index is 0.294. The van der Waals surface area contributed by atoms with Crippen LogP contribution >= 0.6 is 0 Å². The van der Waals surface area contributed by atoms with Crippen molar-refractivity contribution in [2.45, 2.75) is 38.1 Å². The Labute approximate surface area is 120 Å². The van der Waals surface area contributed by atoms with E-state index in [1.807, 2.05) is 6.07 Å². The number of benzene rings is 1. The Balaban J connectivity index is 1.77. The Morgan fingerprint density at radius 2 is 1.70 bits per heavy atom. The second-order valence-corrected chi connectivity index (χ2v) is 5.67. The molecule has 1 aromatic rings. The molecule has 20 heavy (non-hydrogen) atoms. The van der Waals surface area contributed by atoms with Gasteiger partial charge in [0.25, 0.3) is 0 Å². The molecule has 1 aromatic carbocycles. The standard InChI is InChI=1S/C16H24N2O2/c17-11-14(18-8-4-2-1-3-5-9-18)13-6-7-15-16(10-13)20-12-19-15/h6-7,10,14H,1-5,8-9,11-12,17H2. The van der Waals surface area contributed by atoms with E-state index in [-0.39, 0.29) is 0 Å². The van der Waals surface area contributed by atoms with E-state index in [4.69, 9.17) is 15.2 Å². The fourth-order valence-corrected chi connectivity index (χ4v) is 3.20. The van der Waals surface area contributed by atoms with Crippen molar-refractivity contribution < 1.29 is 9.47 Å². The predicted molar refractivity (Wildman–Crippen MR) is 79.0 cm³/mol. The molecule has 0 aromatic heterocycles. The van der Waals surface area contributed by atoms with Crippen LogP contribution < -0.4 is 15.2 Å². The Morgan fingerprint density at radius 1 is 1.00 bits per heavy atom. The molecule has 0 aliphatic carbocycles. The first-order chi connectivity index (χ1) is 9.88. The first-order valence-electron chi connectivity index (χ1n) is 7.72. The SMILES string of the molecule is NCC(c1ccc2c(c1)OCO2)N1CCCCCCC1. The topological polar surface area (TPSA) is 47.7 Å². The molecule has 2 heterocycles. The minimum absolute atomic E-state index is 0.294. The Bertz CT molecular complexity index is 442. The van der Waals surface area contributed by atoms with Gasteiger partial charge in [-0.3, -0.25) is 4.90 Å². The summed E-state index contributed by atoms with van der Waals surface area (Å²) in [5, 5.41) is 0. The number of nitrogens with two attached hydrogens (primary N) is 1. The van der Waals surface area contributed by atoms with Gasteiger partial charge < -0.3 is 15.2 Å². The zero-order chi connectivity index (χ0) is 13.8. The summed E-state index contributed by atoms with van der Waals surface area (Å²) in [6, 6.07) is 6.52. The summed E-state index contributed by atoms with van der Waals surface area (Å²) in [5.74, 6) is 1.70. The second kappa shape index (κ2) is 6.46. The maximum Gasteiger partial charge on any atom is 0.231 e. The first kappa shape index (κ1) is 13.7. The van der Waals surface area contributed by atoms with Crippen molar-refractivity contribution in [3.05, 3.63) is 23.8 Å². The molecule has 1 atom stereocenters. The van der Waals surface area contributed by atoms with Crippen LogP contribution in [0.5, 0.6) is 11.5 Å². The second-order valence-electron chi connectivity index (χ2n) is 5.67. The van der Waals surface area contributed by atoms with Crippen molar-refractivity contribution in [1.29, 1.82) is 0 Å². The molecule has 2 aliphatic heterocycles. The molecule has 1 saturated heterocycles. The number of rotatable bonds is 3. The first-order valence-corrected chi connectivity index (χ1v) is 7.72. The molecule has 4 nitrogen and oxygen atoms in total. The number of likely N-dealkylation sites (tertiary alicyclic amines) is 1. The number of nitrogens with zero attached hydrogens (tertiary/aromatic N) is 1. The van der Waals surface area contributed by atoms with Crippen LogP contribution in [0.3, 0.4) is 0 Å². The molecule has 2 aliphatic rings. The number of fused-ring (bicyclic) bond motifs is 1. The Kier molecular flexibility index (Phi) is 4.43. The fourth-order valence-electron chi connectivity index (χ4n) is 3.20. The van der Waals surface area contributed by atoms with Crippen LogP contribution in [0.1, 0.15) is 43.7 Å². The van der Waals surface area contributed by atoms with Crippen LogP contribution in [0.4, 0.5) is 0 Å². The van der Waals surface area contributed by atoms with E-state index in [1.165, 1.54) is 37.7 Å². The quantitative estimate of drug-likeness (QED) is 0.922. The smallest absolute Gasteiger partial charge is 0.231 e. The molecule has 1 unspecified atom stereocenters. The molecule has 0 saturated carbocycles. The van der Waals surface area contributed by atoms with Gasteiger partial charge in [-0.1, -0.05) is 25.3 Å². The third kappa shape index (κ3) is 2.91. The van der Waals surface area contributed by atoms with E-state index in [0.717, 1.165) is 24.6 Å². The van der Waals surface area contributed by atoms with Crippen molar-refractivity contribution in [2.24, 2.45) is 5.73 Å². The predicted octanol–water partition coefficient (Wildman–Crippen LogP) is 2.68. The number of ether oxygens (including phenoxy) is 2. The van der Waals surface area contributed by atoms with Gasteiger partial charge in [0, 0.05) is 12.6 Å². The summed E-state index contributed by atoms with van der Waals surface area (Å²) < 4.78 is 10.9. The van der Waals surface area contributed by atoms with Gasteiger partial charge >= 0.3 is 0 Å². The van der Waals surface area contributed by atoms with Crippen LogP contribution in [0, 0.1) is 0 Å². The highest BCUT2D eigenvalue weighted by atomic mass is 16.7. The molecular formula is C16H24N2O2. The van der Waals surface area contributed by atoms with E-state index >= 15 is 0 Å². The molecule has 3 rings (SSSR count). The van der Waals surface area contributed by atoms with E-state index < -0.39 is 0 Å². The summed E-state index contributed by atoms with van der Waals surface area (Å²) in [4.78, 5) is 2.54. The zero-order valence-corrected chi connectivity index (χ0v) is 12.0. The average Bonchev–Trinajstić information content (AvgIpc) is 2.89. The van der Waals surface area contributed by atoms with Gasteiger partial charge in [-0.25, -0.2) is 0 Å². The van der Waals surface area contributed by atoms with E-state index in [1.54, 1.807) is 0 Å². The summed E-state index contributed by atoms with van der Waals surface area (Å²) in [7, 11) is 0. The minimum Gasteiger partial charge on any atom is -0.454 e. The molecule has 2 N–H and O–H groups in total.